The van der Waals surface area contributed by atoms with Gasteiger partial charge in [0.05, 0.1) is 0 Å². The summed E-state index contributed by atoms with van der Waals surface area (Å²) in [6.45, 7) is 4.06. The second-order valence-corrected chi connectivity index (χ2v) is 6.55. The van der Waals surface area contributed by atoms with Crippen molar-refractivity contribution in [2.24, 2.45) is 0 Å². The van der Waals surface area contributed by atoms with E-state index in [0.717, 1.165) is 5.56 Å². The molecule has 6 heteroatoms. The molecule has 1 aromatic heterocycles. The van der Waals surface area contributed by atoms with Crippen molar-refractivity contribution >= 4 is 11.8 Å². The number of hydrogen-bond acceptors (Lipinski definition) is 5. The molecular weight excluding hydrogens is 346 g/mol. The molecule has 0 saturated carbocycles. The standard InChI is InChI=1S/C20H17N3O2S/c1-12-8-9-14(10-13(12)2)25-17-7-5-4-6-15(17)18-16(11-21)19(24)23-20(22-18)26-3/h4-10H,1-3H3,(H,22,23,24). The van der Waals surface area contributed by atoms with Gasteiger partial charge in [-0.1, -0.05) is 30.0 Å². The van der Waals surface area contributed by atoms with Gasteiger partial charge in [0.2, 0.25) is 0 Å². The Morgan fingerprint density at radius 2 is 1.92 bits per heavy atom. The molecule has 0 spiro atoms. The van der Waals surface area contributed by atoms with Crippen LogP contribution in [0.2, 0.25) is 0 Å². The SMILES string of the molecule is CSc1nc(-c2ccccc2Oc2ccc(C)c(C)c2)c(C#N)c(=O)[nH]1. The molecule has 3 aromatic rings. The summed E-state index contributed by atoms with van der Waals surface area (Å²) in [4.78, 5) is 19.2. The molecular formula is C20H17N3O2S. The molecule has 130 valence electrons. The number of aromatic amines is 1. The monoisotopic (exact) mass is 363 g/mol. The fourth-order valence-electron chi connectivity index (χ4n) is 2.50. The first kappa shape index (κ1) is 17.8. The van der Waals surface area contributed by atoms with Crippen LogP contribution in [-0.4, -0.2) is 16.2 Å². The van der Waals surface area contributed by atoms with Crippen LogP contribution in [0.25, 0.3) is 11.3 Å². The number of nitrogens with one attached hydrogen (secondary N) is 1. The predicted octanol–water partition coefficient (Wildman–Crippen LogP) is 4.44. The van der Waals surface area contributed by atoms with E-state index in [1.807, 2.05) is 56.5 Å². The number of para-hydroxylation sites is 1. The molecule has 5 nitrogen and oxygen atoms in total. The van der Waals surface area contributed by atoms with Gasteiger partial charge in [-0.2, -0.15) is 5.26 Å². The van der Waals surface area contributed by atoms with Crippen LogP contribution in [0.4, 0.5) is 0 Å². The summed E-state index contributed by atoms with van der Waals surface area (Å²) < 4.78 is 6.04. The van der Waals surface area contributed by atoms with Gasteiger partial charge >= 0.3 is 0 Å². The summed E-state index contributed by atoms with van der Waals surface area (Å²) >= 11 is 1.31. The normalized spacial score (nSPS) is 10.4. The fraction of sp³-hybridized carbons (Fsp3) is 0.150. The van der Waals surface area contributed by atoms with E-state index in [0.29, 0.717) is 27.9 Å². The molecule has 3 rings (SSSR count). The number of hydrogen-bond donors (Lipinski definition) is 1. The van der Waals surface area contributed by atoms with Crippen molar-refractivity contribution in [3.05, 3.63) is 69.5 Å². The van der Waals surface area contributed by atoms with E-state index in [4.69, 9.17) is 4.74 Å². The van der Waals surface area contributed by atoms with E-state index >= 15 is 0 Å². The van der Waals surface area contributed by atoms with E-state index in [2.05, 4.69) is 9.97 Å². The van der Waals surface area contributed by atoms with Crippen LogP contribution in [0.3, 0.4) is 0 Å². The van der Waals surface area contributed by atoms with Gasteiger partial charge in [-0.3, -0.25) is 4.79 Å². The number of benzene rings is 2. The summed E-state index contributed by atoms with van der Waals surface area (Å²) in [5.74, 6) is 1.23. The van der Waals surface area contributed by atoms with E-state index in [1.165, 1.54) is 17.3 Å². The van der Waals surface area contributed by atoms with Gasteiger partial charge in [0.25, 0.3) is 5.56 Å². The number of nitrogens with zero attached hydrogens (tertiary/aromatic N) is 2. The maximum absolute atomic E-state index is 12.2. The van der Waals surface area contributed by atoms with Crippen molar-refractivity contribution in [2.45, 2.75) is 19.0 Å². The molecule has 0 fully saturated rings. The minimum absolute atomic E-state index is 0.0288. The third-order valence-corrected chi connectivity index (χ3v) is 4.63. The highest BCUT2D eigenvalue weighted by atomic mass is 32.2. The van der Waals surface area contributed by atoms with Crippen molar-refractivity contribution in [1.29, 1.82) is 5.26 Å². The van der Waals surface area contributed by atoms with E-state index in [9.17, 15) is 10.1 Å². The van der Waals surface area contributed by atoms with Gasteiger partial charge in [0.1, 0.15) is 28.8 Å². The quantitative estimate of drug-likeness (QED) is 0.548. The molecule has 0 unspecified atom stereocenters. The van der Waals surface area contributed by atoms with E-state index < -0.39 is 5.56 Å². The van der Waals surface area contributed by atoms with Gasteiger partial charge < -0.3 is 9.72 Å². The average Bonchev–Trinajstić information content (AvgIpc) is 2.64. The lowest BCUT2D eigenvalue weighted by molar-refractivity contribution is 0.483. The minimum Gasteiger partial charge on any atom is -0.457 e. The molecule has 0 amide bonds. The molecule has 0 aliphatic heterocycles. The molecule has 0 radical (unpaired) electrons. The second-order valence-electron chi connectivity index (χ2n) is 5.75. The second kappa shape index (κ2) is 7.46. The summed E-state index contributed by atoms with van der Waals surface area (Å²) in [6, 6.07) is 15.0. The van der Waals surface area contributed by atoms with E-state index in [1.54, 1.807) is 12.1 Å². The first-order valence-electron chi connectivity index (χ1n) is 7.96. The molecule has 0 atom stereocenters. The molecule has 0 saturated heterocycles. The Hall–Kier alpha value is -3.04. The zero-order valence-electron chi connectivity index (χ0n) is 14.7. The van der Waals surface area contributed by atoms with Crippen LogP contribution in [-0.2, 0) is 0 Å². The molecule has 0 bridgehead atoms. The summed E-state index contributed by atoms with van der Waals surface area (Å²) in [5, 5.41) is 9.86. The fourth-order valence-corrected chi connectivity index (χ4v) is 2.88. The predicted molar refractivity (Wildman–Crippen MR) is 103 cm³/mol. The molecule has 0 aliphatic rings. The maximum atomic E-state index is 12.2. The zero-order valence-corrected chi connectivity index (χ0v) is 15.5. The number of nitriles is 1. The minimum atomic E-state index is -0.456. The Balaban J connectivity index is 2.14. The Labute approximate surface area is 155 Å². The lowest BCUT2D eigenvalue weighted by atomic mass is 10.1. The van der Waals surface area contributed by atoms with Gasteiger partial charge in [-0.15, -0.1) is 0 Å². The average molecular weight is 363 g/mol. The Bertz CT molecular complexity index is 1070. The lowest BCUT2D eigenvalue weighted by Gasteiger charge is -2.13. The highest BCUT2D eigenvalue weighted by molar-refractivity contribution is 7.98. The molecule has 0 aliphatic carbocycles. The first-order valence-corrected chi connectivity index (χ1v) is 9.19. The van der Waals surface area contributed by atoms with Crippen LogP contribution >= 0.6 is 11.8 Å². The maximum Gasteiger partial charge on any atom is 0.270 e. The number of aromatic nitrogens is 2. The number of thioether (sulfide) groups is 1. The number of H-pyrrole nitrogens is 1. The number of rotatable bonds is 4. The Kier molecular flexibility index (Phi) is 5.10. The van der Waals surface area contributed by atoms with E-state index in [-0.39, 0.29) is 5.56 Å². The number of ether oxygens (including phenoxy) is 1. The van der Waals surface area contributed by atoms with Crippen LogP contribution in [0.1, 0.15) is 16.7 Å². The molecule has 26 heavy (non-hydrogen) atoms. The van der Waals surface area contributed by atoms with Gasteiger partial charge in [-0.25, -0.2) is 4.98 Å². The van der Waals surface area contributed by atoms with Crippen molar-refractivity contribution in [1.82, 2.24) is 9.97 Å². The van der Waals surface area contributed by atoms with Gasteiger partial charge in [0, 0.05) is 5.56 Å². The Morgan fingerprint density at radius 3 is 2.62 bits per heavy atom. The summed E-state index contributed by atoms with van der Waals surface area (Å²) in [6.07, 6.45) is 1.81. The van der Waals surface area contributed by atoms with Crippen molar-refractivity contribution in [3.63, 3.8) is 0 Å². The lowest BCUT2D eigenvalue weighted by Crippen LogP contribution is -2.14. The topological polar surface area (TPSA) is 78.8 Å². The van der Waals surface area contributed by atoms with Crippen molar-refractivity contribution < 1.29 is 4.74 Å². The van der Waals surface area contributed by atoms with Crippen LogP contribution < -0.4 is 10.3 Å². The third-order valence-electron chi connectivity index (χ3n) is 4.05. The molecule has 1 heterocycles. The van der Waals surface area contributed by atoms with Gasteiger partial charge in [-0.05, 0) is 55.5 Å². The smallest absolute Gasteiger partial charge is 0.270 e. The zero-order chi connectivity index (χ0) is 18.7. The molecule has 1 N–H and O–H groups in total. The molecule has 2 aromatic carbocycles. The highest BCUT2D eigenvalue weighted by Crippen LogP contribution is 2.34. The largest absolute Gasteiger partial charge is 0.457 e. The first-order chi connectivity index (χ1) is 12.5. The Morgan fingerprint density at radius 1 is 1.15 bits per heavy atom. The van der Waals surface area contributed by atoms with Crippen LogP contribution in [0.5, 0.6) is 11.5 Å². The number of aryl methyl sites for hydroxylation is 2. The van der Waals surface area contributed by atoms with Crippen molar-refractivity contribution in [3.8, 4) is 28.8 Å². The van der Waals surface area contributed by atoms with Crippen molar-refractivity contribution in [2.75, 3.05) is 6.26 Å². The summed E-state index contributed by atoms with van der Waals surface area (Å²) in [7, 11) is 0. The third kappa shape index (κ3) is 3.48. The van der Waals surface area contributed by atoms with Crippen LogP contribution in [0, 0.1) is 25.2 Å². The highest BCUT2D eigenvalue weighted by Gasteiger charge is 2.17. The summed E-state index contributed by atoms with van der Waals surface area (Å²) in [5.41, 5.74) is 2.74. The van der Waals surface area contributed by atoms with Crippen LogP contribution in [0.15, 0.2) is 52.4 Å². The van der Waals surface area contributed by atoms with Gasteiger partial charge in [0.15, 0.2) is 5.16 Å².